The van der Waals surface area contributed by atoms with Crippen molar-refractivity contribution in [3.05, 3.63) is 42.4 Å². The first kappa shape index (κ1) is 13.7. The average Bonchev–Trinajstić information content (AvgIpc) is 3.17. The molecule has 7 nitrogen and oxygen atoms in total. The number of carbonyl (C=O) groups excluding carboxylic acids is 1. The number of fused-ring (bicyclic) bond motifs is 1. The number of amides is 1. The summed E-state index contributed by atoms with van der Waals surface area (Å²) in [6.07, 6.45) is 3.85. The standard InChI is InChI=1S/C16H16N6O/c1-10-2-4-11(5-3-10)22-7-6-13(16(22)23)20-14-12-8-19-21-15(12)18-9-17-14/h2-5,8-9,13H,6-7H2,1H3,(H2,17,18,19,20,21). The van der Waals surface area contributed by atoms with Crippen molar-refractivity contribution in [2.75, 3.05) is 16.8 Å². The number of carbonyl (C=O) groups is 1. The molecular formula is C16H16N6O. The molecule has 2 aromatic heterocycles. The molecule has 1 saturated heterocycles. The highest BCUT2D eigenvalue weighted by Gasteiger charge is 2.33. The Hall–Kier alpha value is -2.96. The van der Waals surface area contributed by atoms with Crippen molar-refractivity contribution in [1.82, 2.24) is 20.2 Å². The summed E-state index contributed by atoms with van der Waals surface area (Å²) in [6, 6.07) is 7.71. The van der Waals surface area contributed by atoms with Crippen molar-refractivity contribution < 1.29 is 4.79 Å². The third kappa shape index (κ3) is 2.40. The van der Waals surface area contributed by atoms with E-state index in [9.17, 15) is 4.79 Å². The second-order valence-electron chi connectivity index (χ2n) is 5.67. The van der Waals surface area contributed by atoms with Crippen molar-refractivity contribution in [3.8, 4) is 0 Å². The molecule has 7 heteroatoms. The number of aromatic nitrogens is 4. The van der Waals surface area contributed by atoms with E-state index in [1.54, 1.807) is 6.20 Å². The lowest BCUT2D eigenvalue weighted by Gasteiger charge is -2.17. The molecule has 116 valence electrons. The Balaban J connectivity index is 1.56. The number of benzene rings is 1. The Labute approximate surface area is 132 Å². The first-order valence-corrected chi connectivity index (χ1v) is 7.51. The minimum atomic E-state index is -0.288. The van der Waals surface area contributed by atoms with Gasteiger partial charge in [0.2, 0.25) is 5.91 Å². The van der Waals surface area contributed by atoms with E-state index in [1.807, 2.05) is 36.1 Å². The molecule has 0 spiro atoms. The smallest absolute Gasteiger partial charge is 0.249 e. The molecule has 3 heterocycles. The van der Waals surface area contributed by atoms with Crippen LogP contribution in [0.25, 0.3) is 11.0 Å². The Kier molecular flexibility index (Phi) is 3.18. The molecule has 1 aliphatic heterocycles. The topological polar surface area (TPSA) is 86.8 Å². The number of hydrogen-bond acceptors (Lipinski definition) is 5. The van der Waals surface area contributed by atoms with Crippen LogP contribution >= 0.6 is 0 Å². The minimum Gasteiger partial charge on any atom is -0.358 e. The fraction of sp³-hybridized carbons (Fsp3) is 0.250. The van der Waals surface area contributed by atoms with Gasteiger partial charge in [-0.25, -0.2) is 9.97 Å². The van der Waals surface area contributed by atoms with Crippen LogP contribution in [0.15, 0.2) is 36.8 Å². The van der Waals surface area contributed by atoms with Crippen molar-refractivity contribution >= 4 is 28.4 Å². The van der Waals surface area contributed by atoms with E-state index < -0.39 is 0 Å². The zero-order valence-corrected chi connectivity index (χ0v) is 12.7. The number of nitrogens with one attached hydrogen (secondary N) is 2. The van der Waals surface area contributed by atoms with Crippen LogP contribution in [0.1, 0.15) is 12.0 Å². The summed E-state index contributed by atoms with van der Waals surface area (Å²) in [5.41, 5.74) is 2.77. The summed E-state index contributed by atoms with van der Waals surface area (Å²) < 4.78 is 0. The van der Waals surface area contributed by atoms with Crippen molar-refractivity contribution in [3.63, 3.8) is 0 Å². The SMILES string of the molecule is Cc1ccc(N2CCC(Nc3ncnc4[nH]ncc34)C2=O)cc1. The maximum atomic E-state index is 12.7. The molecule has 1 aliphatic rings. The molecule has 23 heavy (non-hydrogen) atoms. The lowest BCUT2D eigenvalue weighted by Crippen LogP contribution is -2.33. The molecule has 1 amide bonds. The van der Waals surface area contributed by atoms with Gasteiger partial charge in [-0.15, -0.1) is 0 Å². The van der Waals surface area contributed by atoms with E-state index in [-0.39, 0.29) is 11.9 Å². The molecule has 2 N–H and O–H groups in total. The van der Waals surface area contributed by atoms with Gasteiger partial charge in [-0.2, -0.15) is 5.10 Å². The van der Waals surface area contributed by atoms with Gasteiger partial charge in [-0.1, -0.05) is 17.7 Å². The third-order valence-electron chi connectivity index (χ3n) is 4.11. The molecule has 1 aromatic carbocycles. The Morgan fingerprint density at radius 1 is 1.26 bits per heavy atom. The first-order valence-electron chi connectivity index (χ1n) is 7.51. The number of rotatable bonds is 3. The Morgan fingerprint density at radius 3 is 2.91 bits per heavy atom. The molecule has 3 aromatic rings. The van der Waals surface area contributed by atoms with Crippen LogP contribution in [0.3, 0.4) is 0 Å². The molecular weight excluding hydrogens is 292 g/mol. The summed E-state index contributed by atoms with van der Waals surface area (Å²) in [6.45, 7) is 2.73. The van der Waals surface area contributed by atoms with E-state index in [4.69, 9.17) is 0 Å². The van der Waals surface area contributed by atoms with Crippen LogP contribution in [0.2, 0.25) is 0 Å². The van der Waals surface area contributed by atoms with E-state index in [0.717, 1.165) is 17.5 Å². The predicted molar refractivity (Wildman–Crippen MR) is 87.2 cm³/mol. The maximum Gasteiger partial charge on any atom is 0.249 e. The molecule has 0 saturated carbocycles. The highest BCUT2D eigenvalue weighted by atomic mass is 16.2. The van der Waals surface area contributed by atoms with Gasteiger partial charge < -0.3 is 10.2 Å². The van der Waals surface area contributed by atoms with Gasteiger partial charge in [0, 0.05) is 12.2 Å². The first-order chi connectivity index (χ1) is 11.2. The zero-order chi connectivity index (χ0) is 15.8. The van der Waals surface area contributed by atoms with Gasteiger partial charge in [0.25, 0.3) is 0 Å². The molecule has 0 aliphatic carbocycles. The molecule has 1 unspecified atom stereocenters. The van der Waals surface area contributed by atoms with Gasteiger partial charge >= 0.3 is 0 Å². The van der Waals surface area contributed by atoms with Gasteiger partial charge in [0.1, 0.15) is 18.2 Å². The summed E-state index contributed by atoms with van der Waals surface area (Å²) in [4.78, 5) is 22.8. The average molecular weight is 308 g/mol. The van der Waals surface area contributed by atoms with Crippen LogP contribution in [-0.2, 0) is 4.79 Å². The molecule has 1 fully saturated rings. The van der Waals surface area contributed by atoms with Crippen LogP contribution in [0.5, 0.6) is 0 Å². The maximum absolute atomic E-state index is 12.7. The van der Waals surface area contributed by atoms with E-state index in [1.165, 1.54) is 11.9 Å². The lowest BCUT2D eigenvalue weighted by molar-refractivity contribution is -0.117. The summed E-state index contributed by atoms with van der Waals surface area (Å²) in [5, 5.41) is 10.8. The molecule has 0 radical (unpaired) electrons. The van der Waals surface area contributed by atoms with E-state index in [0.29, 0.717) is 18.0 Å². The summed E-state index contributed by atoms with van der Waals surface area (Å²) in [7, 11) is 0. The highest BCUT2D eigenvalue weighted by molar-refractivity contribution is 6.01. The highest BCUT2D eigenvalue weighted by Crippen LogP contribution is 2.25. The predicted octanol–water partition coefficient (Wildman–Crippen LogP) is 1.88. The van der Waals surface area contributed by atoms with Crippen LogP contribution < -0.4 is 10.2 Å². The van der Waals surface area contributed by atoms with Gasteiger partial charge in [-0.3, -0.25) is 9.89 Å². The number of nitrogens with zero attached hydrogens (tertiary/aromatic N) is 4. The Morgan fingerprint density at radius 2 is 2.09 bits per heavy atom. The second kappa shape index (κ2) is 5.35. The fourth-order valence-electron chi connectivity index (χ4n) is 2.84. The van der Waals surface area contributed by atoms with E-state index >= 15 is 0 Å². The molecule has 1 atom stereocenters. The molecule has 0 bridgehead atoms. The largest absolute Gasteiger partial charge is 0.358 e. The number of anilines is 2. The quantitative estimate of drug-likeness (QED) is 0.771. The second-order valence-corrected chi connectivity index (χ2v) is 5.67. The Bertz CT molecular complexity index is 856. The third-order valence-corrected chi connectivity index (χ3v) is 4.11. The van der Waals surface area contributed by atoms with Crippen LogP contribution in [-0.4, -0.2) is 38.7 Å². The number of H-pyrrole nitrogens is 1. The number of aromatic amines is 1. The van der Waals surface area contributed by atoms with Crippen molar-refractivity contribution in [2.24, 2.45) is 0 Å². The fourth-order valence-corrected chi connectivity index (χ4v) is 2.84. The van der Waals surface area contributed by atoms with E-state index in [2.05, 4.69) is 25.5 Å². The van der Waals surface area contributed by atoms with Crippen LogP contribution in [0, 0.1) is 6.92 Å². The lowest BCUT2D eigenvalue weighted by atomic mass is 10.2. The van der Waals surface area contributed by atoms with Crippen molar-refractivity contribution in [2.45, 2.75) is 19.4 Å². The normalized spacial score (nSPS) is 17.9. The van der Waals surface area contributed by atoms with Crippen LogP contribution in [0.4, 0.5) is 11.5 Å². The number of hydrogen-bond donors (Lipinski definition) is 2. The van der Waals surface area contributed by atoms with Crippen molar-refractivity contribution in [1.29, 1.82) is 0 Å². The monoisotopic (exact) mass is 308 g/mol. The van der Waals surface area contributed by atoms with Gasteiger partial charge in [0.15, 0.2) is 5.65 Å². The summed E-state index contributed by atoms with van der Waals surface area (Å²) >= 11 is 0. The zero-order valence-electron chi connectivity index (χ0n) is 12.7. The minimum absolute atomic E-state index is 0.0594. The van der Waals surface area contributed by atoms with Gasteiger partial charge in [-0.05, 0) is 25.5 Å². The van der Waals surface area contributed by atoms with Gasteiger partial charge in [0.05, 0.1) is 11.6 Å². The molecule has 4 rings (SSSR count). The number of aryl methyl sites for hydroxylation is 1. The summed E-state index contributed by atoms with van der Waals surface area (Å²) in [5.74, 6) is 0.692.